The van der Waals surface area contributed by atoms with Gasteiger partial charge in [0.2, 0.25) is 0 Å². The first-order valence-electron chi connectivity index (χ1n) is 4.63. The second kappa shape index (κ2) is 4.29. The SMILES string of the molecule is C#CCCCC1(C(=O)O)CCCN1. The maximum Gasteiger partial charge on any atom is 0.323 e. The van der Waals surface area contributed by atoms with Crippen LogP contribution in [0, 0.1) is 12.3 Å². The summed E-state index contributed by atoms with van der Waals surface area (Å²) in [5, 5.41) is 12.1. The standard InChI is InChI=1S/C10H15NO2/c1-2-3-4-6-10(9(12)13)7-5-8-11-10/h1,11H,3-8H2,(H,12,13). The summed E-state index contributed by atoms with van der Waals surface area (Å²) in [7, 11) is 0. The van der Waals surface area contributed by atoms with Gasteiger partial charge in [-0.25, -0.2) is 0 Å². The lowest BCUT2D eigenvalue weighted by molar-refractivity contribution is -0.144. The molecule has 1 atom stereocenters. The fourth-order valence-corrected chi connectivity index (χ4v) is 1.80. The highest BCUT2D eigenvalue weighted by molar-refractivity contribution is 5.79. The molecule has 0 aliphatic carbocycles. The van der Waals surface area contributed by atoms with Gasteiger partial charge in [0.1, 0.15) is 5.54 Å². The van der Waals surface area contributed by atoms with Gasteiger partial charge < -0.3 is 10.4 Å². The molecule has 1 saturated heterocycles. The predicted octanol–water partition coefficient (Wildman–Crippen LogP) is 0.997. The Morgan fingerprint density at radius 3 is 2.92 bits per heavy atom. The molecule has 72 valence electrons. The third-order valence-corrected chi connectivity index (χ3v) is 2.58. The molecule has 0 spiro atoms. The molecule has 2 N–H and O–H groups in total. The molecule has 0 saturated carbocycles. The second-order valence-corrected chi connectivity index (χ2v) is 3.48. The van der Waals surface area contributed by atoms with E-state index in [1.807, 2.05) is 0 Å². The molecule has 3 nitrogen and oxygen atoms in total. The van der Waals surface area contributed by atoms with Crippen molar-refractivity contribution in [3.8, 4) is 12.3 Å². The van der Waals surface area contributed by atoms with Gasteiger partial charge in [-0.2, -0.15) is 0 Å². The number of nitrogens with one attached hydrogen (secondary N) is 1. The van der Waals surface area contributed by atoms with Crippen molar-refractivity contribution in [3.05, 3.63) is 0 Å². The summed E-state index contributed by atoms with van der Waals surface area (Å²) >= 11 is 0. The van der Waals surface area contributed by atoms with E-state index in [1.54, 1.807) is 0 Å². The quantitative estimate of drug-likeness (QED) is 0.502. The number of terminal acetylenes is 1. The molecule has 1 aliphatic rings. The Balaban J connectivity index is 2.48. The van der Waals surface area contributed by atoms with Crippen LogP contribution in [-0.4, -0.2) is 23.2 Å². The van der Waals surface area contributed by atoms with Gasteiger partial charge in [-0.05, 0) is 32.2 Å². The molecule has 0 aromatic heterocycles. The van der Waals surface area contributed by atoms with Crippen LogP contribution >= 0.6 is 0 Å². The average Bonchev–Trinajstić information content (AvgIpc) is 2.55. The van der Waals surface area contributed by atoms with Gasteiger partial charge in [-0.3, -0.25) is 4.79 Å². The van der Waals surface area contributed by atoms with Crippen LogP contribution in [0.1, 0.15) is 32.1 Å². The zero-order valence-electron chi connectivity index (χ0n) is 7.68. The van der Waals surface area contributed by atoms with E-state index in [1.165, 1.54) is 0 Å². The van der Waals surface area contributed by atoms with E-state index < -0.39 is 11.5 Å². The Morgan fingerprint density at radius 2 is 2.46 bits per heavy atom. The van der Waals surface area contributed by atoms with E-state index >= 15 is 0 Å². The fourth-order valence-electron chi connectivity index (χ4n) is 1.80. The van der Waals surface area contributed by atoms with E-state index in [0.29, 0.717) is 12.8 Å². The highest BCUT2D eigenvalue weighted by atomic mass is 16.4. The number of hydrogen-bond acceptors (Lipinski definition) is 2. The van der Waals surface area contributed by atoms with Crippen molar-refractivity contribution >= 4 is 5.97 Å². The summed E-state index contributed by atoms with van der Waals surface area (Å²) < 4.78 is 0. The zero-order chi connectivity index (χ0) is 9.73. The summed E-state index contributed by atoms with van der Waals surface area (Å²) in [6, 6.07) is 0. The first-order chi connectivity index (χ1) is 6.21. The summed E-state index contributed by atoms with van der Waals surface area (Å²) in [5.74, 6) is 1.79. The molecular formula is C10H15NO2. The highest BCUT2D eigenvalue weighted by Crippen LogP contribution is 2.25. The Hall–Kier alpha value is -1.01. The molecule has 1 unspecified atom stereocenters. The molecule has 0 amide bonds. The monoisotopic (exact) mass is 181 g/mol. The van der Waals surface area contributed by atoms with Crippen LogP contribution in [0.2, 0.25) is 0 Å². The van der Waals surface area contributed by atoms with Crippen molar-refractivity contribution in [2.45, 2.75) is 37.6 Å². The molecular weight excluding hydrogens is 166 g/mol. The Morgan fingerprint density at radius 1 is 1.69 bits per heavy atom. The minimum atomic E-state index is -0.734. The molecule has 0 bridgehead atoms. The topological polar surface area (TPSA) is 49.3 Å². The van der Waals surface area contributed by atoms with Gasteiger partial charge in [0, 0.05) is 6.42 Å². The number of hydrogen-bond donors (Lipinski definition) is 2. The number of aliphatic carboxylic acids is 1. The van der Waals surface area contributed by atoms with Gasteiger partial charge >= 0.3 is 5.97 Å². The van der Waals surface area contributed by atoms with E-state index in [4.69, 9.17) is 11.5 Å². The molecule has 0 radical (unpaired) electrons. The lowest BCUT2D eigenvalue weighted by Crippen LogP contribution is -2.47. The van der Waals surface area contributed by atoms with Crippen molar-refractivity contribution in [1.29, 1.82) is 0 Å². The second-order valence-electron chi connectivity index (χ2n) is 3.48. The Labute approximate surface area is 78.5 Å². The van der Waals surface area contributed by atoms with Gasteiger partial charge in [-0.1, -0.05) is 0 Å². The molecule has 3 heteroatoms. The van der Waals surface area contributed by atoms with E-state index in [-0.39, 0.29) is 0 Å². The van der Waals surface area contributed by atoms with Crippen molar-refractivity contribution < 1.29 is 9.90 Å². The third kappa shape index (κ3) is 2.22. The molecule has 1 aliphatic heterocycles. The van der Waals surface area contributed by atoms with Crippen LogP contribution in [0.15, 0.2) is 0 Å². The first kappa shape index (κ1) is 10.1. The highest BCUT2D eigenvalue weighted by Gasteiger charge is 2.40. The molecule has 1 rings (SSSR count). The smallest absolute Gasteiger partial charge is 0.323 e. The molecule has 0 aromatic rings. The van der Waals surface area contributed by atoms with Crippen molar-refractivity contribution in [1.82, 2.24) is 5.32 Å². The zero-order valence-corrected chi connectivity index (χ0v) is 7.68. The van der Waals surface area contributed by atoms with Crippen molar-refractivity contribution in [3.63, 3.8) is 0 Å². The normalized spacial score (nSPS) is 27.0. The maximum absolute atomic E-state index is 11.0. The number of carboxylic acids is 1. The largest absolute Gasteiger partial charge is 0.480 e. The molecule has 1 fully saturated rings. The molecule has 1 heterocycles. The summed E-state index contributed by atoms with van der Waals surface area (Å²) in [6.45, 7) is 0.808. The summed E-state index contributed by atoms with van der Waals surface area (Å²) in [4.78, 5) is 11.0. The lowest BCUT2D eigenvalue weighted by Gasteiger charge is -2.23. The summed E-state index contributed by atoms with van der Waals surface area (Å²) in [5.41, 5.74) is -0.684. The number of carboxylic acid groups (broad SMARTS) is 1. The maximum atomic E-state index is 11.0. The third-order valence-electron chi connectivity index (χ3n) is 2.58. The van der Waals surface area contributed by atoms with Crippen LogP contribution in [0.4, 0.5) is 0 Å². The van der Waals surface area contributed by atoms with Crippen LogP contribution in [0.25, 0.3) is 0 Å². The Bertz CT molecular complexity index is 224. The minimum absolute atomic E-state index is 0.645. The molecule has 13 heavy (non-hydrogen) atoms. The van der Waals surface area contributed by atoms with E-state index in [9.17, 15) is 4.79 Å². The lowest BCUT2D eigenvalue weighted by atomic mass is 9.91. The van der Waals surface area contributed by atoms with Crippen LogP contribution in [0.5, 0.6) is 0 Å². The van der Waals surface area contributed by atoms with Crippen molar-refractivity contribution in [2.24, 2.45) is 0 Å². The van der Waals surface area contributed by atoms with Crippen LogP contribution in [0.3, 0.4) is 0 Å². The fraction of sp³-hybridized carbons (Fsp3) is 0.700. The minimum Gasteiger partial charge on any atom is -0.480 e. The van der Waals surface area contributed by atoms with Gasteiger partial charge in [0.15, 0.2) is 0 Å². The number of unbranched alkanes of at least 4 members (excludes halogenated alkanes) is 1. The Kier molecular flexibility index (Phi) is 3.32. The number of rotatable bonds is 4. The summed E-state index contributed by atoms with van der Waals surface area (Å²) in [6.07, 6.45) is 8.89. The first-order valence-corrected chi connectivity index (χ1v) is 4.63. The average molecular weight is 181 g/mol. The van der Waals surface area contributed by atoms with Gasteiger partial charge in [0.25, 0.3) is 0 Å². The predicted molar refractivity (Wildman–Crippen MR) is 50.3 cm³/mol. The van der Waals surface area contributed by atoms with Crippen LogP contribution in [-0.2, 0) is 4.79 Å². The molecule has 0 aromatic carbocycles. The van der Waals surface area contributed by atoms with E-state index in [2.05, 4.69) is 11.2 Å². The van der Waals surface area contributed by atoms with Gasteiger partial charge in [-0.15, -0.1) is 12.3 Å². The van der Waals surface area contributed by atoms with Gasteiger partial charge in [0.05, 0.1) is 0 Å². The van der Waals surface area contributed by atoms with Crippen LogP contribution < -0.4 is 5.32 Å². The van der Waals surface area contributed by atoms with E-state index in [0.717, 1.165) is 25.8 Å². The number of carbonyl (C=O) groups is 1. The van der Waals surface area contributed by atoms with Crippen molar-refractivity contribution in [2.75, 3.05) is 6.54 Å².